The van der Waals surface area contributed by atoms with Crippen molar-refractivity contribution in [3.8, 4) is 0 Å². The van der Waals surface area contributed by atoms with Crippen molar-refractivity contribution < 1.29 is 28.5 Å². The molecular formula is C14H22N4O6. The lowest BCUT2D eigenvalue weighted by Crippen LogP contribution is -2.49. The Morgan fingerprint density at radius 3 is 1.54 bits per heavy atom. The molecule has 0 N–H and O–H groups in total. The van der Waals surface area contributed by atoms with Crippen LogP contribution in [0.25, 0.3) is 0 Å². The summed E-state index contributed by atoms with van der Waals surface area (Å²) in [5.74, 6) is 0. The number of methoxy groups -OCH3 is 2. The minimum Gasteiger partial charge on any atom is -0.371 e. The maximum Gasteiger partial charge on any atom is 0.327 e. The number of epoxide rings is 2. The number of fused-ring (bicyclic) bond motifs is 1. The highest BCUT2D eigenvalue weighted by Gasteiger charge is 2.60. The summed E-state index contributed by atoms with van der Waals surface area (Å²) < 4.78 is 20.9. The third kappa shape index (κ3) is 2.59. The van der Waals surface area contributed by atoms with Gasteiger partial charge in [-0.15, -0.1) is 0 Å². The second-order valence-electron chi connectivity index (χ2n) is 6.38. The van der Waals surface area contributed by atoms with Crippen LogP contribution in [0.1, 0.15) is 0 Å². The predicted octanol–water partition coefficient (Wildman–Crippen LogP) is -0.881. The van der Waals surface area contributed by atoms with Crippen LogP contribution in [0.2, 0.25) is 0 Å². The fourth-order valence-corrected chi connectivity index (χ4v) is 3.46. The molecule has 4 amide bonds. The molecular weight excluding hydrogens is 320 g/mol. The van der Waals surface area contributed by atoms with Crippen LogP contribution in [0.3, 0.4) is 0 Å². The number of amides is 4. The normalized spacial score (nSPS) is 34.4. The van der Waals surface area contributed by atoms with Gasteiger partial charge in [0.05, 0.1) is 38.5 Å². The van der Waals surface area contributed by atoms with Crippen LogP contribution in [0.5, 0.6) is 0 Å². The van der Waals surface area contributed by atoms with Crippen LogP contribution in [0.4, 0.5) is 9.59 Å². The van der Waals surface area contributed by atoms with Crippen LogP contribution in [0, 0.1) is 0 Å². The zero-order valence-corrected chi connectivity index (χ0v) is 13.8. The van der Waals surface area contributed by atoms with Crippen LogP contribution >= 0.6 is 0 Å². The van der Waals surface area contributed by atoms with Gasteiger partial charge >= 0.3 is 12.1 Å². The van der Waals surface area contributed by atoms with E-state index in [1.54, 1.807) is 19.6 Å². The number of hydrogen-bond donors (Lipinski definition) is 0. The fourth-order valence-electron chi connectivity index (χ4n) is 3.46. The molecule has 134 valence electrons. The second-order valence-corrected chi connectivity index (χ2v) is 6.38. The maximum absolute atomic E-state index is 12.9. The average molecular weight is 342 g/mol. The van der Waals surface area contributed by atoms with Crippen molar-refractivity contribution in [2.24, 2.45) is 0 Å². The largest absolute Gasteiger partial charge is 0.371 e. The smallest absolute Gasteiger partial charge is 0.327 e. The van der Waals surface area contributed by atoms with Gasteiger partial charge in [-0.3, -0.25) is 19.6 Å². The van der Waals surface area contributed by atoms with E-state index in [0.29, 0.717) is 26.3 Å². The topological polar surface area (TPSA) is 90.6 Å². The van der Waals surface area contributed by atoms with Crippen molar-refractivity contribution in [1.82, 2.24) is 19.6 Å². The standard InChI is InChI=1S/C14H22N4O6/c1-21-7-17-11-12(18(8-22-2)14(17)20)16(4-10-6-24-10)13(19)15(11)3-9-5-23-9/h9-12H,3-8H2,1-2H3. The zero-order valence-electron chi connectivity index (χ0n) is 13.8. The third-order valence-electron chi connectivity index (χ3n) is 4.67. The molecule has 4 fully saturated rings. The molecule has 4 aliphatic heterocycles. The molecule has 4 atom stereocenters. The monoisotopic (exact) mass is 342 g/mol. The molecule has 0 aromatic rings. The molecule has 24 heavy (non-hydrogen) atoms. The second kappa shape index (κ2) is 6.03. The van der Waals surface area contributed by atoms with Gasteiger partial charge in [-0.25, -0.2) is 9.59 Å². The van der Waals surface area contributed by atoms with E-state index in [1.165, 1.54) is 14.2 Å². The van der Waals surface area contributed by atoms with Gasteiger partial charge in [0, 0.05) is 14.2 Å². The van der Waals surface area contributed by atoms with Crippen molar-refractivity contribution >= 4 is 12.1 Å². The van der Waals surface area contributed by atoms with Gasteiger partial charge in [0.15, 0.2) is 12.3 Å². The molecule has 0 aromatic heterocycles. The van der Waals surface area contributed by atoms with Gasteiger partial charge in [-0.2, -0.15) is 0 Å². The van der Waals surface area contributed by atoms with Gasteiger partial charge in [-0.05, 0) is 0 Å². The Labute approximate surface area is 139 Å². The first-order chi connectivity index (χ1) is 11.7. The van der Waals surface area contributed by atoms with Crippen molar-refractivity contribution in [2.75, 3.05) is 54.0 Å². The molecule has 0 saturated carbocycles. The lowest BCUT2D eigenvalue weighted by atomic mass is 10.3. The van der Waals surface area contributed by atoms with E-state index in [1.807, 2.05) is 0 Å². The number of rotatable bonds is 8. The molecule has 10 nitrogen and oxygen atoms in total. The minimum atomic E-state index is -0.414. The minimum absolute atomic E-state index is 0.0442. The van der Waals surface area contributed by atoms with Gasteiger partial charge in [0.25, 0.3) is 0 Å². The Balaban J connectivity index is 1.64. The van der Waals surface area contributed by atoms with E-state index in [4.69, 9.17) is 18.9 Å². The summed E-state index contributed by atoms with van der Waals surface area (Å²) in [4.78, 5) is 32.3. The highest BCUT2D eigenvalue weighted by molar-refractivity contribution is 5.85. The molecule has 10 heteroatoms. The Hall–Kier alpha value is -1.62. The van der Waals surface area contributed by atoms with E-state index < -0.39 is 12.3 Å². The zero-order chi connectivity index (χ0) is 16.8. The SMILES string of the molecule is COCN1C(=O)N(COC)C2C1N(CC1CO1)C(=O)N2CC1CO1. The summed E-state index contributed by atoms with van der Waals surface area (Å²) in [7, 11) is 3.06. The van der Waals surface area contributed by atoms with Gasteiger partial charge < -0.3 is 18.9 Å². The van der Waals surface area contributed by atoms with E-state index in [0.717, 1.165) is 0 Å². The first kappa shape index (κ1) is 15.9. The molecule has 4 aliphatic rings. The Bertz CT molecular complexity index is 483. The summed E-state index contributed by atoms with van der Waals surface area (Å²) in [5.41, 5.74) is 0. The molecule has 0 spiro atoms. The highest BCUT2D eigenvalue weighted by Crippen LogP contribution is 2.36. The van der Waals surface area contributed by atoms with Crippen LogP contribution in [0.15, 0.2) is 0 Å². The van der Waals surface area contributed by atoms with Crippen molar-refractivity contribution in [1.29, 1.82) is 0 Å². The predicted molar refractivity (Wildman–Crippen MR) is 78.7 cm³/mol. The van der Waals surface area contributed by atoms with E-state index in [-0.39, 0.29) is 37.7 Å². The first-order valence-electron chi connectivity index (χ1n) is 8.01. The number of carbonyl (C=O) groups is 2. The summed E-state index contributed by atoms with van der Waals surface area (Å²) in [6.45, 7) is 2.46. The summed E-state index contributed by atoms with van der Waals surface area (Å²) in [6.07, 6.45) is -0.739. The number of urea groups is 2. The van der Waals surface area contributed by atoms with Crippen LogP contribution < -0.4 is 0 Å². The van der Waals surface area contributed by atoms with Gasteiger partial charge in [0.2, 0.25) is 0 Å². The lowest BCUT2D eigenvalue weighted by Gasteiger charge is -2.28. The number of ether oxygens (including phenoxy) is 4. The molecule has 0 bridgehead atoms. The Morgan fingerprint density at radius 2 is 1.21 bits per heavy atom. The van der Waals surface area contributed by atoms with Gasteiger partial charge in [0.1, 0.15) is 13.5 Å². The summed E-state index contributed by atoms with van der Waals surface area (Å²) in [5, 5.41) is 0. The Morgan fingerprint density at radius 1 is 0.833 bits per heavy atom. The lowest BCUT2D eigenvalue weighted by molar-refractivity contribution is 0.0262. The molecule has 0 aliphatic carbocycles. The van der Waals surface area contributed by atoms with Crippen molar-refractivity contribution in [3.05, 3.63) is 0 Å². The number of nitrogens with zero attached hydrogens (tertiary/aromatic N) is 4. The molecule has 4 saturated heterocycles. The average Bonchev–Trinajstić information content (AvgIpc) is 3.47. The first-order valence-corrected chi connectivity index (χ1v) is 8.01. The van der Waals surface area contributed by atoms with E-state index >= 15 is 0 Å². The number of carbonyl (C=O) groups excluding carboxylic acids is 2. The quantitative estimate of drug-likeness (QED) is 0.532. The molecule has 4 rings (SSSR count). The van der Waals surface area contributed by atoms with Crippen molar-refractivity contribution in [2.45, 2.75) is 24.5 Å². The van der Waals surface area contributed by atoms with E-state index in [9.17, 15) is 9.59 Å². The van der Waals surface area contributed by atoms with E-state index in [2.05, 4.69) is 0 Å². The maximum atomic E-state index is 12.9. The third-order valence-corrected chi connectivity index (χ3v) is 4.67. The molecule has 0 aromatic carbocycles. The van der Waals surface area contributed by atoms with Gasteiger partial charge in [-0.1, -0.05) is 0 Å². The molecule has 0 radical (unpaired) electrons. The summed E-state index contributed by atoms with van der Waals surface area (Å²) >= 11 is 0. The molecule has 4 heterocycles. The highest BCUT2D eigenvalue weighted by atomic mass is 16.6. The van der Waals surface area contributed by atoms with Crippen LogP contribution in [-0.4, -0.2) is 110 Å². The fraction of sp³-hybridized carbons (Fsp3) is 0.857. The Kier molecular flexibility index (Phi) is 3.99. The molecule has 4 unspecified atom stereocenters. The summed E-state index contributed by atoms with van der Waals surface area (Å²) in [6, 6.07) is -0.310. The number of hydrogen-bond acceptors (Lipinski definition) is 6. The van der Waals surface area contributed by atoms with Crippen LogP contribution in [-0.2, 0) is 18.9 Å². The van der Waals surface area contributed by atoms with Crippen molar-refractivity contribution in [3.63, 3.8) is 0 Å².